The first-order valence-corrected chi connectivity index (χ1v) is 7.14. The summed E-state index contributed by atoms with van der Waals surface area (Å²) in [6, 6.07) is 7.90. The molecule has 0 amide bonds. The second-order valence-corrected chi connectivity index (χ2v) is 6.05. The Morgan fingerprint density at radius 2 is 1.73 bits per heavy atom. The van der Waals surface area contributed by atoms with Gasteiger partial charge in [0.05, 0.1) is 0 Å². The Hall–Kier alpha value is -2.14. The average molecular weight is 303 g/mol. The maximum Gasteiger partial charge on any atom is 0.348 e. The van der Waals surface area contributed by atoms with Gasteiger partial charge in [0.15, 0.2) is 0 Å². The molecule has 0 N–H and O–H groups in total. The molecule has 1 unspecified atom stereocenters. The van der Waals surface area contributed by atoms with Crippen LogP contribution in [0.1, 0.15) is 37.9 Å². The number of benzene rings is 1. The van der Waals surface area contributed by atoms with Crippen molar-refractivity contribution >= 4 is 18.0 Å². The minimum atomic E-state index is -1.22. The van der Waals surface area contributed by atoms with Gasteiger partial charge >= 0.3 is 11.9 Å². The monoisotopic (exact) mass is 303 g/mol. The van der Waals surface area contributed by atoms with Gasteiger partial charge in [-0.05, 0) is 38.2 Å². The molecule has 1 atom stereocenters. The quantitative estimate of drug-likeness (QED) is 0.488. The van der Waals surface area contributed by atoms with Crippen molar-refractivity contribution in [2.75, 3.05) is 14.1 Å². The lowest BCUT2D eigenvalue weighted by atomic mass is 10.0. The fraction of sp³-hybridized carbons (Fsp3) is 0.412. The Labute approximate surface area is 130 Å². The molecular formula is C17H21NO4. The van der Waals surface area contributed by atoms with Crippen LogP contribution in [0.4, 0.5) is 0 Å². The number of cyclic esters (lactones) is 2. The largest absolute Gasteiger partial charge is 0.419 e. The number of esters is 2. The van der Waals surface area contributed by atoms with Crippen molar-refractivity contribution in [1.29, 1.82) is 0 Å². The predicted octanol–water partition coefficient (Wildman–Crippen LogP) is 2.53. The summed E-state index contributed by atoms with van der Waals surface area (Å²) in [6.45, 7) is 5.13. The summed E-state index contributed by atoms with van der Waals surface area (Å²) < 4.78 is 10.2. The van der Waals surface area contributed by atoms with Gasteiger partial charge in [0, 0.05) is 19.9 Å². The fourth-order valence-electron chi connectivity index (χ4n) is 2.15. The molecule has 1 aromatic carbocycles. The molecule has 1 aromatic rings. The van der Waals surface area contributed by atoms with E-state index in [4.69, 9.17) is 9.47 Å². The van der Waals surface area contributed by atoms with Crippen LogP contribution in [0.5, 0.6) is 0 Å². The highest BCUT2D eigenvalue weighted by molar-refractivity contribution is 6.18. The normalized spacial score (nSPS) is 18.7. The minimum Gasteiger partial charge on any atom is -0.419 e. The van der Waals surface area contributed by atoms with Crippen molar-refractivity contribution in [2.24, 2.45) is 0 Å². The number of carbonyl (C=O) groups excluding carboxylic acids is 2. The Morgan fingerprint density at radius 1 is 1.14 bits per heavy atom. The molecule has 1 heterocycles. The van der Waals surface area contributed by atoms with E-state index in [1.54, 1.807) is 0 Å². The molecule has 0 radical (unpaired) electrons. The molecule has 0 spiro atoms. The number of hydrogen-bond donors (Lipinski definition) is 0. The van der Waals surface area contributed by atoms with Gasteiger partial charge < -0.3 is 14.4 Å². The molecule has 1 aliphatic rings. The van der Waals surface area contributed by atoms with Crippen LogP contribution in [0.2, 0.25) is 0 Å². The van der Waals surface area contributed by atoms with Gasteiger partial charge in [0.1, 0.15) is 5.57 Å². The Balaban J connectivity index is 2.31. The SMILES string of the molecule is CC(c1cccc(C=C2C(=O)OC(C)(C)OC2=O)c1)N(C)C. The third kappa shape index (κ3) is 3.54. The Kier molecular flexibility index (Phi) is 4.37. The van der Waals surface area contributed by atoms with E-state index in [2.05, 4.69) is 11.8 Å². The first-order valence-electron chi connectivity index (χ1n) is 7.14. The van der Waals surface area contributed by atoms with Crippen molar-refractivity contribution in [3.63, 3.8) is 0 Å². The molecule has 0 bridgehead atoms. The second kappa shape index (κ2) is 5.93. The predicted molar refractivity (Wildman–Crippen MR) is 82.8 cm³/mol. The standard InChI is InChI=1S/C17H21NO4/c1-11(18(4)5)13-8-6-7-12(9-13)10-14-15(19)21-17(2,3)22-16(14)20/h6-11H,1-5H3. The zero-order valence-electron chi connectivity index (χ0n) is 13.5. The molecule has 1 saturated heterocycles. The first-order chi connectivity index (χ1) is 10.2. The molecule has 1 fully saturated rings. The highest BCUT2D eigenvalue weighted by atomic mass is 16.7. The zero-order valence-corrected chi connectivity index (χ0v) is 13.5. The van der Waals surface area contributed by atoms with Crippen molar-refractivity contribution in [3.05, 3.63) is 41.0 Å². The number of hydrogen-bond acceptors (Lipinski definition) is 5. The van der Waals surface area contributed by atoms with Gasteiger partial charge in [-0.1, -0.05) is 24.3 Å². The molecule has 5 heteroatoms. The van der Waals surface area contributed by atoms with Crippen LogP contribution in [-0.2, 0) is 19.1 Å². The summed E-state index contributed by atoms with van der Waals surface area (Å²) in [6.07, 6.45) is 1.51. The maximum atomic E-state index is 12.0. The molecule has 0 saturated carbocycles. The molecule has 0 aliphatic carbocycles. The van der Waals surface area contributed by atoms with E-state index in [1.165, 1.54) is 19.9 Å². The Morgan fingerprint density at radius 3 is 2.27 bits per heavy atom. The number of rotatable bonds is 3. The molecule has 118 valence electrons. The molecule has 5 nitrogen and oxygen atoms in total. The van der Waals surface area contributed by atoms with Crippen LogP contribution in [0, 0.1) is 0 Å². The van der Waals surface area contributed by atoms with Gasteiger partial charge in [-0.25, -0.2) is 9.59 Å². The molecule has 22 heavy (non-hydrogen) atoms. The van der Waals surface area contributed by atoms with E-state index < -0.39 is 17.7 Å². The van der Waals surface area contributed by atoms with Crippen LogP contribution in [0.25, 0.3) is 6.08 Å². The third-order valence-electron chi connectivity index (χ3n) is 3.60. The van der Waals surface area contributed by atoms with E-state index in [9.17, 15) is 9.59 Å². The van der Waals surface area contributed by atoms with Crippen LogP contribution in [0.15, 0.2) is 29.8 Å². The lowest BCUT2D eigenvalue weighted by Gasteiger charge is -2.29. The molecular weight excluding hydrogens is 282 g/mol. The van der Waals surface area contributed by atoms with E-state index in [1.807, 2.05) is 38.4 Å². The van der Waals surface area contributed by atoms with E-state index in [0.717, 1.165) is 11.1 Å². The number of nitrogens with zero attached hydrogens (tertiary/aromatic N) is 1. The van der Waals surface area contributed by atoms with Gasteiger partial charge in [0.2, 0.25) is 0 Å². The molecule has 1 aliphatic heterocycles. The second-order valence-electron chi connectivity index (χ2n) is 6.05. The third-order valence-corrected chi connectivity index (χ3v) is 3.60. The fourth-order valence-corrected chi connectivity index (χ4v) is 2.15. The maximum absolute atomic E-state index is 12.0. The van der Waals surface area contributed by atoms with E-state index in [0.29, 0.717) is 0 Å². The summed E-state index contributed by atoms with van der Waals surface area (Å²) in [7, 11) is 3.99. The summed E-state index contributed by atoms with van der Waals surface area (Å²) in [5, 5.41) is 0. The van der Waals surface area contributed by atoms with Crippen molar-refractivity contribution in [3.8, 4) is 0 Å². The highest BCUT2D eigenvalue weighted by Gasteiger charge is 2.38. The topological polar surface area (TPSA) is 55.8 Å². The van der Waals surface area contributed by atoms with E-state index in [-0.39, 0.29) is 11.6 Å². The average Bonchev–Trinajstić information content (AvgIpc) is 2.41. The number of ether oxygens (including phenoxy) is 2. The van der Waals surface area contributed by atoms with Crippen molar-refractivity contribution < 1.29 is 19.1 Å². The van der Waals surface area contributed by atoms with Crippen molar-refractivity contribution in [1.82, 2.24) is 4.90 Å². The Bertz CT molecular complexity index is 609. The lowest BCUT2D eigenvalue weighted by molar-refractivity contribution is -0.222. The van der Waals surface area contributed by atoms with Gasteiger partial charge in [-0.2, -0.15) is 0 Å². The summed E-state index contributed by atoms with van der Waals surface area (Å²) in [5.74, 6) is -2.54. The first kappa shape index (κ1) is 16.2. The summed E-state index contributed by atoms with van der Waals surface area (Å²) in [5.41, 5.74) is 1.76. The van der Waals surface area contributed by atoms with Crippen LogP contribution in [0.3, 0.4) is 0 Å². The number of carbonyl (C=O) groups is 2. The summed E-state index contributed by atoms with van der Waals surface area (Å²) in [4.78, 5) is 26.0. The lowest BCUT2D eigenvalue weighted by Crippen LogP contribution is -2.41. The molecule has 2 rings (SSSR count). The van der Waals surface area contributed by atoms with Gasteiger partial charge in [-0.3, -0.25) is 0 Å². The van der Waals surface area contributed by atoms with E-state index >= 15 is 0 Å². The van der Waals surface area contributed by atoms with Crippen LogP contribution >= 0.6 is 0 Å². The van der Waals surface area contributed by atoms with Crippen molar-refractivity contribution in [2.45, 2.75) is 32.6 Å². The van der Waals surface area contributed by atoms with Crippen LogP contribution < -0.4 is 0 Å². The molecule has 0 aromatic heterocycles. The summed E-state index contributed by atoms with van der Waals surface area (Å²) >= 11 is 0. The smallest absolute Gasteiger partial charge is 0.348 e. The van der Waals surface area contributed by atoms with Gasteiger partial charge in [0.25, 0.3) is 5.79 Å². The highest BCUT2D eigenvalue weighted by Crippen LogP contribution is 2.25. The zero-order chi connectivity index (χ0) is 16.5. The minimum absolute atomic E-state index is 0.0889. The van der Waals surface area contributed by atoms with Gasteiger partial charge in [-0.15, -0.1) is 0 Å². The van der Waals surface area contributed by atoms with Crippen LogP contribution in [-0.4, -0.2) is 36.7 Å².